The van der Waals surface area contributed by atoms with Gasteiger partial charge in [-0.1, -0.05) is 39.1 Å². The number of carbonyl (C=O) groups excluding carboxylic acids is 1. The molecular formula is C13H8BrCl2NO. The summed E-state index contributed by atoms with van der Waals surface area (Å²) in [7, 11) is 0. The summed E-state index contributed by atoms with van der Waals surface area (Å²) in [5.41, 5.74) is 1.10. The maximum absolute atomic E-state index is 11.9. The highest BCUT2D eigenvalue weighted by Crippen LogP contribution is 2.25. The Labute approximate surface area is 123 Å². The van der Waals surface area contributed by atoms with Crippen molar-refractivity contribution in [3.63, 3.8) is 0 Å². The SMILES string of the molecule is O=C(Nc1ccc(Cl)cc1Cl)c1ccc(Br)cc1. The monoisotopic (exact) mass is 343 g/mol. The summed E-state index contributed by atoms with van der Waals surface area (Å²) in [6.07, 6.45) is 0. The number of hydrogen-bond acceptors (Lipinski definition) is 1. The van der Waals surface area contributed by atoms with Gasteiger partial charge < -0.3 is 5.32 Å². The molecular weight excluding hydrogens is 337 g/mol. The number of rotatable bonds is 2. The van der Waals surface area contributed by atoms with Crippen LogP contribution in [0.1, 0.15) is 10.4 Å². The van der Waals surface area contributed by atoms with Gasteiger partial charge >= 0.3 is 0 Å². The van der Waals surface area contributed by atoms with Crippen molar-refractivity contribution in [3.8, 4) is 0 Å². The van der Waals surface area contributed by atoms with Crippen molar-refractivity contribution < 1.29 is 4.79 Å². The smallest absolute Gasteiger partial charge is 0.255 e. The van der Waals surface area contributed by atoms with Gasteiger partial charge in [0.15, 0.2) is 0 Å². The number of nitrogens with one attached hydrogen (secondary N) is 1. The summed E-state index contributed by atoms with van der Waals surface area (Å²) in [6, 6.07) is 12.0. The molecule has 0 saturated carbocycles. The Bertz CT molecular complexity index is 584. The van der Waals surface area contributed by atoms with E-state index < -0.39 is 0 Å². The molecule has 18 heavy (non-hydrogen) atoms. The van der Waals surface area contributed by atoms with E-state index in [9.17, 15) is 4.79 Å². The molecule has 0 aliphatic carbocycles. The molecule has 0 bridgehead atoms. The average Bonchev–Trinajstić information content (AvgIpc) is 2.33. The maximum Gasteiger partial charge on any atom is 0.255 e. The summed E-state index contributed by atoms with van der Waals surface area (Å²) in [5, 5.41) is 3.67. The normalized spacial score (nSPS) is 10.2. The molecule has 92 valence electrons. The molecule has 5 heteroatoms. The fraction of sp³-hybridized carbons (Fsp3) is 0. The van der Waals surface area contributed by atoms with Gasteiger partial charge in [-0.05, 0) is 42.5 Å². The molecule has 1 amide bonds. The van der Waals surface area contributed by atoms with Crippen LogP contribution in [0.25, 0.3) is 0 Å². The average molecular weight is 345 g/mol. The van der Waals surface area contributed by atoms with Gasteiger partial charge in [-0.15, -0.1) is 0 Å². The van der Waals surface area contributed by atoms with Gasteiger partial charge in [-0.25, -0.2) is 0 Å². The van der Waals surface area contributed by atoms with Crippen LogP contribution in [0.2, 0.25) is 10.0 Å². The van der Waals surface area contributed by atoms with E-state index in [0.717, 1.165) is 4.47 Å². The Morgan fingerprint density at radius 1 is 1.06 bits per heavy atom. The second-order valence-corrected chi connectivity index (χ2v) is 5.34. The number of hydrogen-bond donors (Lipinski definition) is 1. The summed E-state index contributed by atoms with van der Waals surface area (Å²) < 4.78 is 0.920. The molecule has 0 atom stereocenters. The third kappa shape index (κ3) is 3.25. The molecule has 1 N–H and O–H groups in total. The van der Waals surface area contributed by atoms with Crippen LogP contribution in [0.4, 0.5) is 5.69 Å². The van der Waals surface area contributed by atoms with Crippen molar-refractivity contribution in [3.05, 3.63) is 62.5 Å². The van der Waals surface area contributed by atoms with Gasteiger partial charge in [0.25, 0.3) is 5.91 Å². The number of amides is 1. The van der Waals surface area contributed by atoms with E-state index in [1.54, 1.807) is 42.5 Å². The van der Waals surface area contributed by atoms with Gasteiger partial charge in [0.1, 0.15) is 0 Å². The van der Waals surface area contributed by atoms with Gasteiger partial charge in [-0.3, -0.25) is 4.79 Å². The van der Waals surface area contributed by atoms with Crippen LogP contribution >= 0.6 is 39.1 Å². The summed E-state index contributed by atoms with van der Waals surface area (Å²) in [5.74, 6) is -0.216. The Hall–Kier alpha value is -1.03. The molecule has 2 rings (SSSR count). The zero-order valence-corrected chi connectivity index (χ0v) is 12.2. The highest BCUT2D eigenvalue weighted by Gasteiger charge is 2.08. The first-order chi connectivity index (χ1) is 8.56. The zero-order chi connectivity index (χ0) is 13.1. The molecule has 0 aliphatic rings. The van der Waals surface area contributed by atoms with Gasteiger partial charge in [0.05, 0.1) is 10.7 Å². The highest BCUT2D eigenvalue weighted by molar-refractivity contribution is 9.10. The van der Waals surface area contributed by atoms with Gasteiger partial charge in [0.2, 0.25) is 0 Å². The molecule has 0 unspecified atom stereocenters. The van der Waals surface area contributed by atoms with E-state index in [1.165, 1.54) is 0 Å². The lowest BCUT2D eigenvalue weighted by molar-refractivity contribution is 0.102. The largest absolute Gasteiger partial charge is 0.321 e. The van der Waals surface area contributed by atoms with Crippen LogP contribution in [0.3, 0.4) is 0 Å². The van der Waals surface area contributed by atoms with Crippen LogP contribution in [0.5, 0.6) is 0 Å². The molecule has 0 aliphatic heterocycles. The van der Waals surface area contributed by atoms with E-state index in [4.69, 9.17) is 23.2 Å². The third-order valence-corrected chi connectivity index (χ3v) is 3.36. The van der Waals surface area contributed by atoms with Crippen LogP contribution < -0.4 is 5.32 Å². The molecule has 0 aromatic heterocycles. The van der Waals surface area contributed by atoms with E-state index in [-0.39, 0.29) is 5.91 Å². The minimum Gasteiger partial charge on any atom is -0.321 e. The Balaban J connectivity index is 2.18. The Kier molecular flexibility index (Phi) is 4.27. The minimum absolute atomic E-state index is 0.216. The number of halogens is 3. The predicted octanol–water partition coefficient (Wildman–Crippen LogP) is 5.01. The van der Waals surface area contributed by atoms with Crippen molar-refractivity contribution in [2.24, 2.45) is 0 Å². The highest BCUT2D eigenvalue weighted by atomic mass is 79.9. The fourth-order valence-corrected chi connectivity index (χ4v) is 2.11. The quantitative estimate of drug-likeness (QED) is 0.815. The standard InChI is InChI=1S/C13H8BrCl2NO/c14-9-3-1-8(2-4-9)13(18)17-12-6-5-10(15)7-11(12)16/h1-7H,(H,17,18). The van der Waals surface area contributed by atoms with Crippen molar-refractivity contribution in [1.29, 1.82) is 0 Å². The predicted molar refractivity (Wildman–Crippen MR) is 78.6 cm³/mol. The second kappa shape index (κ2) is 5.74. The fourth-order valence-electron chi connectivity index (χ4n) is 1.39. The second-order valence-electron chi connectivity index (χ2n) is 3.59. The molecule has 0 radical (unpaired) electrons. The van der Waals surface area contributed by atoms with Crippen LogP contribution in [-0.4, -0.2) is 5.91 Å². The van der Waals surface area contributed by atoms with Crippen LogP contribution in [0.15, 0.2) is 46.9 Å². The lowest BCUT2D eigenvalue weighted by Gasteiger charge is -2.07. The summed E-state index contributed by atoms with van der Waals surface area (Å²) >= 11 is 15.1. The van der Waals surface area contributed by atoms with E-state index in [1.807, 2.05) is 0 Å². The van der Waals surface area contributed by atoms with E-state index in [0.29, 0.717) is 21.3 Å². The molecule has 0 spiro atoms. The maximum atomic E-state index is 11.9. The molecule has 2 nitrogen and oxygen atoms in total. The van der Waals surface area contributed by atoms with Crippen molar-refractivity contribution in [2.75, 3.05) is 5.32 Å². The topological polar surface area (TPSA) is 29.1 Å². The van der Waals surface area contributed by atoms with Gasteiger partial charge in [0, 0.05) is 15.1 Å². The summed E-state index contributed by atoms with van der Waals surface area (Å²) in [4.78, 5) is 11.9. The van der Waals surface area contributed by atoms with Crippen LogP contribution in [0, 0.1) is 0 Å². The lowest BCUT2D eigenvalue weighted by atomic mass is 10.2. The Morgan fingerprint density at radius 2 is 1.72 bits per heavy atom. The number of anilines is 1. The number of carbonyl (C=O) groups is 1. The van der Waals surface area contributed by atoms with E-state index in [2.05, 4.69) is 21.2 Å². The van der Waals surface area contributed by atoms with Crippen molar-refractivity contribution in [2.45, 2.75) is 0 Å². The molecule has 0 fully saturated rings. The molecule has 0 saturated heterocycles. The Morgan fingerprint density at radius 3 is 2.33 bits per heavy atom. The van der Waals surface area contributed by atoms with Gasteiger partial charge in [-0.2, -0.15) is 0 Å². The van der Waals surface area contributed by atoms with Crippen molar-refractivity contribution in [1.82, 2.24) is 0 Å². The van der Waals surface area contributed by atoms with Crippen molar-refractivity contribution >= 4 is 50.7 Å². The zero-order valence-electron chi connectivity index (χ0n) is 9.08. The molecule has 2 aromatic carbocycles. The first-order valence-corrected chi connectivity index (χ1v) is 6.63. The minimum atomic E-state index is -0.216. The molecule has 2 aromatic rings. The first kappa shape index (κ1) is 13.4. The first-order valence-electron chi connectivity index (χ1n) is 5.08. The van der Waals surface area contributed by atoms with Crippen LogP contribution in [-0.2, 0) is 0 Å². The van der Waals surface area contributed by atoms with E-state index >= 15 is 0 Å². The summed E-state index contributed by atoms with van der Waals surface area (Å²) in [6.45, 7) is 0. The molecule has 0 heterocycles. The third-order valence-electron chi connectivity index (χ3n) is 2.29. The number of benzene rings is 2. The lowest BCUT2D eigenvalue weighted by Crippen LogP contribution is -2.11.